The highest BCUT2D eigenvalue weighted by atomic mass is 14.0. The van der Waals surface area contributed by atoms with Gasteiger partial charge in [0.25, 0.3) is 0 Å². The predicted octanol–water partition coefficient (Wildman–Crippen LogP) is 9.13. The minimum absolute atomic E-state index is 1.26. The first-order chi connectivity index (χ1) is 12.9. The van der Waals surface area contributed by atoms with Crippen molar-refractivity contribution in [3.63, 3.8) is 0 Å². The molecule has 0 radical (unpaired) electrons. The van der Waals surface area contributed by atoms with Gasteiger partial charge in [-0.05, 0) is 22.3 Å². The van der Waals surface area contributed by atoms with Gasteiger partial charge in [0.1, 0.15) is 0 Å². The second kappa shape index (κ2) is 19.0. The van der Waals surface area contributed by atoms with Crippen LogP contribution in [0.25, 0.3) is 22.3 Å². The van der Waals surface area contributed by atoms with Gasteiger partial charge in [0.05, 0.1) is 0 Å². The van der Waals surface area contributed by atoms with Crippen LogP contribution < -0.4 is 0 Å². The van der Waals surface area contributed by atoms with E-state index in [1.54, 1.807) is 0 Å². The summed E-state index contributed by atoms with van der Waals surface area (Å²) in [5.74, 6) is 0. The SMILES string of the molecule is CC.CC.CC.CC.c1ccc(-c2ccc(-c3ccccc3)cc2)cc1. The van der Waals surface area contributed by atoms with Gasteiger partial charge < -0.3 is 0 Å². The van der Waals surface area contributed by atoms with Crippen LogP contribution in [0, 0.1) is 0 Å². The van der Waals surface area contributed by atoms with Gasteiger partial charge in [0, 0.05) is 0 Å². The zero-order chi connectivity index (χ0) is 20.2. The summed E-state index contributed by atoms with van der Waals surface area (Å²) in [5, 5.41) is 0. The van der Waals surface area contributed by atoms with Gasteiger partial charge in [-0.25, -0.2) is 0 Å². The molecule has 0 fully saturated rings. The first-order valence-electron chi connectivity index (χ1n) is 10.1. The Morgan fingerprint density at radius 1 is 0.269 bits per heavy atom. The summed E-state index contributed by atoms with van der Waals surface area (Å²) < 4.78 is 0. The molecule has 3 aromatic carbocycles. The topological polar surface area (TPSA) is 0 Å². The van der Waals surface area contributed by atoms with E-state index in [9.17, 15) is 0 Å². The highest BCUT2D eigenvalue weighted by Gasteiger charge is 1.98. The lowest BCUT2D eigenvalue weighted by molar-refractivity contribution is 1.50. The largest absolute Gasteiger partial charge is 0.0683 e. The van der Waals surface area contributed by atoms with Crippen LogP contribution in [0.2, 0.25) is 0 Å². The average Bonchev–Trinajstić information content (AvgIpc) is 2.80. The van der Waals surface area contributed by atoms with Crippen LogP contribution >= 0.6 is 0 Å². The van der Waals surface area contributed by atoms with Gasteiger partial charge in [-0.15, -0.1) is 0 Å². The molecule has 0 aliphatic heterocycles. The van der Waals surface area contributed by atoms with Crippen LogP contribution in [-0.2, 0) is 0 Å². The molecule has 3 aromatic rings. The van der Waals surface area contributed by atoms with E-state index in [1.165, 1.54) is 22.3 Å². The molecular formula is C26H38. The Bertz CT molecular complexity index is 549. The summed E-state index contributed by atoms with van der Waals surface area (Å²) in [6.07, 6.45) is 0. The molecule has 3 rings (SSSR count). The number of hydrogen-bond donors (Lipinski definition) is 0. The zero-order valence-electron chi connectivity index (χ0n) is 18.1. The van der Waals surface area contributed by atoms with Crippen LogP contribution in [0.1, 0.15) is 55.4 Å². The third kappa shape index (κ3) is 9.22. The summed E-state index contributed by atoms with van der Waals surface area (Å²) in [7, 11) is 0. The van der Waals surface area contributed by atoms with Crippen molar-refractivity contribution in [2.24, 2.45) is 0 Å². The van der Waals surface area contributed by atoms with E-state index < -0.39 is 0 Å². The van der Waals surface area contributed by atoms with Crippen molar-refractivity contribution in [1.82, 2.24) is 0 Å². The van der Waals surface area contributed by atoms with Crippen molar-refractivity contribution in [3.8, 4) is 22.3 Å². The highest BCUT2D eigenvalue weighted by molar-refractivity contribution is 5.70. The predicted molar refractivity (Wildman–Crippen MR) is 123 cm³/mol. The Kier molecular flexibility index (Phi) is 18.9. The molecule has 0 nitrogen and oxygen atoms in total. The number of rotatable bonds is 2. The molecule has 0 heteroatoms. The molecule has 26 heavy (non-hydrogen) atoms. The van der Waals surface area contributed by atoms with E-state index in [4.69, 9.17) is 0 Å². The van der Waals surface area contributed by atoms with Gasteiger partial charge >= 0.3 is 0 Å². The summed E-state index contributed by atoms with van der Waals surface area (Å²) in [6.45, 7) is 16.0. The molecule has 0 N–H and O–H groups in total. The van der Waals surface area contributed by atoms with Crippen molar-refractivity contribution in [2.75, 3.05) is 0 Å². The van der Waals surface area contributed by atoms with Crippen molar-refractivity contribution >= 4 is 0 Å². The quantitative estimate of drug-likeness (QED) is 0.432. The van der Waals surface area contributed by atoms with Gasteiger partial charge in [0.15, 0.2) is 0 Å². The maximum Gasteiger partial charge on any atom is -0.0184 e. The molecule has 0 saturated heterocycles. The Hall–Kier alpha value is -2.34. The van der Waals surface area contributed by atoms with Gasteiger partial charge in [-0.2, -0.15) is 0 Å². The van der Waals surface area contributed by atoms with Gasteiger partial charge in [-0.3, -0.25) is 0 Å². The van der Waals surface area contributed by atoms with E-state index in [0.29, 0.717) is 0 Å². The van der Waals surface area contributed by atoms with E-state index in [-0.39, 0.29) is 0 Å². The van der Waals surface area contributed by atoms with Crippen LogP contribution in [-0.4, -0.2) is 0 Å². The Labute approximate surface area is 162 Å². The standard InChI is InChI=1S/C18H14.4C2H6/c1-3-7-15(8-4-1)17-11-13-18(14-12-17)16-9-5-2-6-10-16;4*1-2/h1-14H;4*1-2H3. The fourth-order valence-corrected chi connectivity index (χ4v) is 2.12. The molecule has 0 bridgehead atoms. The molecule has 0 unspecified atom stereocenters. The molecule has 0 saturated carbocycles. The fourth-order valence-electron chi connectivity index (χ4n) is 2.12. The monoisotopic (exact) mass is 350 g/mol. The minimum Gasteiger partial charge on any atom is -0.0683 e. The average molecular weight is 351 g/mol. The van der Waals surface area contributed by atoms with E-state index in [1.807, 2.05) is 67.5 Å². The lowest BCUT2D eigenvalue weighted by Gasteiger charge is -2.04. The summed E-state index contributed by atoms with van der Waals surface area (Å²) in [4.78, 5) is 0. The Morgan fingerprint density at radius 3 is 0.692 bits per heavy atom. The zero-order valence-corrected chi connectivity index (χ0v) is 18.1. The van der Waals surface area contributed by atoms with Crippen LogP contribution in [0.5, 0.6) is 0 Å². The summed E-state index contributed by atoms with van der Waals surface area (Å²) in [6, 6.07) is 29.6. The smallest absolute Gasteiger partial charge is 0.0184 e. The normalized spacial score (nSPS) is 8.00. The maximum absolute atomic E-state index is 2.18. The molecule has 0 aliphatic rings. The minimum atomic E-state index is 1.26. The molecule has 0 aliphatic carbocycles. The van der Waals surface area contributed by atoms with E-state index >= 15 is 0 Å². The molecule has 0 amide bonds. The van der Waals surface area contributed by atoms with Crippen LogP contribution in [0.4, 0.5) is 0 Å². The van der Waals surface area contributed by atoms with Crippen molar-refractivity contribution in [2.45, 2.75) is 55.4 Å². The summed E-state index contributed by atoms with van der Waals surface area (Å²) >= 11 is 0. The fraction of sp³-hybridized carbons (Fsp3) is 0.308. The van der Waals surface area contributed by atoms with Crippen molar-refractivity contribution in [3.05, 3.63) is 84.9 Å². The Balaban J connectivity index is 0. The molecule has 0 aromatic heterocycles. The first-order valence-corrected chi connectivity index (χ1v) is 10.1. The van der Waals surface area contributed by atoms with Gasteiger partial charge in [-0.1, -0.05) is 140 Å². The lowest BCUT2D eigenvalue weighted by Crippen LogP contribution is -1.79. The van der Waals surface area contributed by atoms with Crippen LogP contribution in [0.15, 0.2) is 84.9 Å². The number of benzene rings is 3. The maximum atomic E-state index is 2.18. The second-order valence-corrected chi connectivity index (χ2v) is 4.31. The number of hydrogen-bond acceptors (Lipinski definition) is 0. The molecule has 142 valence electrons. The van der Waals surface area contributed by atoms with Crippen LogP contribution in [0.3, 0.4) is 0 Å². The second-order valence-electron chi connectivity index (χ2n) is 4.31. The Morgan fingerprint density at radius 2 is 0.462 bits per heavy atom. The van der Waals surface area contributed by atoms with Crippen molar-refractivity contribution in [1.29, 1.82) is 0 Å². The lowest BCUT2D eigenvalue weighted by atomic mass is 10.0. The third-order valence-corrected chi connectivity index (χ3v) is 3.10. The van der Waals surface area contributed by atoms with E-state index in [2.05, 4.69) is 72.8 Å². The third-order valence-electron chi connectivity index (χ3n) is 3.10. The molecule has 0 atom stereocenters. The van der Waals surface area contributed by atoms with E-state index in [0.717, 1.165) is 0 Å². The molecule has 0 heterocycles. The van der Waals surface area contributed by atoms with Crippen molar-refractivity contribution < 1.29 is 0 Å². The highest BCUT2D eigenvalue weighted by Crippen LogP contribution is 2.24. The molecular weight excluding hydrogens is 312 g/mol. The molecule has 0 spiro atoms. The van der Waals surface area contributed by atoms with Gasteiger partial charge in [0.2, 0.25) is 0 Å². The summed E-state index contributed by atoms with van der Waals surface area (Å²) in [5.41, 5.74) is 5.04. The first kappa shape index (κ1) is 25.9.